The Labute approximate surface area is 117 Å². The molecule has 1 saturated heterocycles. The van der Waals surface area contributed by atoms with Gasteiger partial charge in [-0.2, -0.15) is 16.1 Å². The summed E-state index contributed by atoms with van der Waals surface area (Å²) < 4.78 is 39.5. The lowest BCUT2D eigenvalue weighted by atomic mass is 10.2. The molecule has 2 rings (SSSR count). The van der Waals surface area contributed by atoms with E-state index in [4.69, 9.17) is 5.73 Å². The van der Waals surface area contributed by atoms with E-state index < -0.39 is 15.8 Å². The van der Waals surface area contributed by atoms with E-state index in [-0.39, 0.29) is 15.3 Å². The van der Waals surface area contributed by atoms with Crippen LogP contribution in [0, 0.1) is 5.82 Å². The second-order valence-corrected chi connectivity index (χ2v) is 8.84. The highest BCUT2D eigenvalue weighted by Crippen LogP contribution is 2.33. The van der Waals surface area contributed by atoms with Crippen molar-refractivity contribution in [1.82, 2.24) is 4.31 Å². The molecule has 0 unspecified atom stereocenters. The number of halogens is 1. The number of sulfonamides is 1. The first-order valence-electron chi connectivity index (χ1n) is 5.91. The number of rotatable bonds is 2. The number of hydrogen-bond donors (Lipinski definition) is 1. The molecule has 4 nitrogen and oxygen atoms in total. The number of nitrogens with two attached hydrogens (primary N) is 1. The van der Waals surface area contributed by atoms with Crippen LogP contribution in [0.5, 0.6) is 0 Å². The highest BCUT2D eigenvalue weighted by molar-refractivity contribution is 8.00. The van der Waals surface area contributed by atoms with Gasteiger partial charge >= 0.3 is 0 Å². The largest absolute Gasteiger partial charge is 0.398 e. The molecule has 7 heteroatoms. The zero-order chi connectivity index (χ0) is 14.3. The van der Waals surface area contributed by atoms with E-state index in [1.807, 2.05) is 13.8 Å². The Bertz CT molecular complexity index is 587. The van der Waals surface area contributed by atoms with Crippen molar-refractivity contribution in [2.75, 3.05) is 24.6 Å². The lowest BCUT2D eigenvalue weighted by Gasteiger charge is -2.36. The Morgan fingerprint density at radius 1 is 1.42 bits per heavy atom. The molecule has 0 atom stereocenters. The molecule has 106 valence electrons. The fourth-order valence-electron chi connectivity index (χ4n) is 2.05. The number of benzene rings is 1. The van der Waals surface area contributed by atoms with Gasteiger partial charge in [-0.25, -0.2) is 12.8 Å². The SMILES string of the molecule is CC1(C)CN(S(=O)(=O)c2cc(F)ccc2N)CCS1. The molecule has 2 N–H and O–H groups in total. The number of thioether (sulfide) groups is 1. The number of nitrogens with zero attached hydrogens (tertiary/aromatic N) is 1. The highest BCUT2D eigenvalue weighted by atomic mass is 32.2. The maximum Gasteiger partial charge on any atom is 0.245 e. The number of anilines is 1. The molecular formula is C12H17FN2O2S2. The maximum absolute atomic E-state index is 13.3. The Kier molecular flexibility index (Phi) is 3.81. The Morgan fingerprint density at radius 3 is 2.74 bits per heavy atom. The first-order valence-corrected chi connectivity index (χ1v) is 8.34. The van der Waals surface area contributed by atoms with Gasteiger partial charge in [-0.05, 0) is 32.0 Å². The second kappa shape index (κ2) is 4.96. The molecule has 1 aliphatic heterocycles. The summed E-state index contributed by atoms with van der Waals surface area (Å²) in [7, 11) is -3.73. The molecule has 0 aromatic heterocycles. The first-order chi connectivity index (χ1) is 8.72. The van der Waals surface area contributed by atoms with E-state index >= 15 is 0 Å². The third-order valence-electron chi connectivity index (χ3n) is 2.98. The minimum Gasteiger partial charge on any atom is -0.398 e. The average molecular weight is 304 g/mol. The van der Waals surface area contributed by atoms with Gasteiger partial charge in [0.15, 0.2) is 0 Å². The van der Waals surface area contributed by atoms with Gasteiger partial charge < -0.3 is 5.73 Å². The normalized spacial score (nSPS) is 20.4. The van der Waals surface area contributed by atoms with Crippen molar-refractivity contribution in [2.45, 2.75) is 23.5 Å². The van der Waals surface area contributed by atoms with E-state index in [0.717, 1.165) is 17.9 Å². The monoisotopic (exact) mass is 304 g/mol. The summed E-state index contributed by atoms with van der Waals surface area (Å²) in [6.07, 6.45) is 0. The minimum absolute atomic E-state index is 0.0810. The van der Waals surface area contributed by atoms with Crippen molar-refractivity contribution >= 4 is 27.5 Å². The fourth-order valence-corrected chi connectivity index (χ4v) is 5.09. The van der Waals surface area contributed by atoms with Gasteiger partial charge in [-0.15, -0.1) is 0 Å². The van der Waals surface area contributed by atoms with Crippen molar-refractivity contribution in [1.29, 1.82) is 0 Å². The summed E-state index contributed by atoms with van der Waals surface area (Å²) in [5.41, 5.74) is 5.75. The van der Waals surface area contributed by atoms with Crippen LogP contribution < -0.4 is 5.73 Å². The lowest BCUT2D eigenvalue weighted by molar-refractivity contribution is 0.387. The predicted octanol–water partition coefficient (Wildman–Crippen LogP) is 1.92. The van der Waals surface area contributed by atoms with Crippen LogP contribution in [-0.4, -0.2) is 36.3 Å². The molecule has 0 radical (unpaired) electrons. The summed E-state index contributed by atoms with van der Waals surface area (Å²) in [4.78, 5) is -0.143. The molecule has 1 heterocycles. The minimum atomic E-state index is -3.73. The van der Waals surface area contributed by atoms with E-state index in [1.165, 1.54) is 10.4 Å². The zero-order valence-electron chi connectivity index (χ0n) is 10.9. The molecule has 0 bridgehead atoms. The molecule has 1 aromatic rings. The summed E-state index contributed by atoms with van der Waals surface area (Å²) in [5.74, 6) is 0.125. The molecule has 1 aliphatic rings. The van der Waals surface area contributed by atoms with Crippen LogP contribution in [-0.2, 0) is 10.0 Å². The van der Waals surface area contributed by atoms with Gasteiger partial charge in [0.25, 0.3) is 0 Å². The Hall–Kier alpha value is -0.790. The van der Waals surface area contributed by atoms with Crippen molar-refractivity contribution in [2.24, 2.45) is 0 Å². The summed E-state index contributed by atoms with van der Waals surface area (Å²) >= 11 is 1.73. The van der Waals surface area contributed by atoms with Crippen LogP contribution in [0.4, 0.5) is 10.1 Å². The van der Waals surface area contributed by atoms with Crippen molar-refractivity contribution in [3.63, 3.8) is 0 Å². The van der Waals surface area contributed by atoms with Crippen LogP contribution >= 0.6 is 11.8 Å². The van der Waals surface area contributed by atoms with Crippen LogP contribution in [0.1, 0.15) is 13.8 Å². The van der Waals surface area contributed by atoms with Crippen LogP contribution in [0.25, 0.3) is 0 Å². The van der Waals surface area contributed by atoms with E-state index in [0.29, 0.717) is 13.1 Å². The topological polar surface area (TPSA) is 63.4 Å². The van der Waals surface area contributed by atoms with Gasteiger partial charge in [-0.1, -0.05) is 0 Å². The third kappa shape index (κ3) is 3.04. The van der Waals surface area contributed by atoms with E-state index in [9.17, 15) is 12.8 Å². The molecule has 19 heavy (non-hydrogen) atoms. The zero-order valence-corrected chi connectivity index (χ0v) is 12.5. The van der Waals surface area contributed by atoms with Gasteiger partial charge in [0, 0.05) is 23.6 Å². The van der Waals surface area contributed by atoms with E-state index in [1.54, 1.807) is 11.8 Å². The number of nitrogen functional groups attached to an aromatic ring is 1. The van der Waals surface area contributed by atoms with Crippen LogP contribution in [0.15, 0.2) is 23.1 Å². The first kappa shape index (κ1) is 14.6. The quantitative estimate of drug-likeness (QED) is 0.848. The average Bonchev–Trinajstić information content (AvgIpc) is 2.31. The fraction of sp³-hybridized carbons (Fsp3) is 0.500. The van der Waals surface area contributed by atoms with Gasteiger partial charge in [-0.3, -0.25) is 0 Å². The molecule has 0 amide bonds. The predicted molar refractivity (Wildman–Crippen MR) is 76.1 cm³/mol. The van der Waals surface area contributed by atoms with Crippen molar-refractivity contribution in [3.05, 3.63) is 24.0 Å². The summed E-state index contributed by atoms with van der Waals surface area (Å²) in [5, 5.41) is 0. The molecule has 1 aromatic carbocycles. The van der Waals surface area contributed by atoms with Crippen molar-refractivity contribution < 1.29 is 12.8 Å². The van der Waals surface area contributed by atoms with Crippen molar-refractivity contribution in [3.8, 4) is 0 Å². The second-order valence-electron chi connectivity index (χ2n) is 5.13. The molecule has 0 saturated carbocycles. The maximum atomic E-state index is 13.3. The van der Waals surface area contributed by atoms with Gasteiger partial charge in [0.2, 0.25) is 10.0 Å². The summed E-state index contributed by atoms with van der Waals surface area (Å²) in [6, 6.07) is 3.43. The molecular weight excluding hydrogens is 287 g/mol. The van der Waals surface area contributed by atoms with Crippen LogP contribution in [0.2, 0.25) is 0 Å². The molecule has 1 fully saturated rings. The smallest absolute Gasteiger partial charge is 0.245 e. The lowest BCUT2D eigenvalue weighted by Crippen LogP contribution is -2.46. The Balaban J connectivity index is 2.39. The third-order valence-corrected chi connectivity index (χ3v) is 6.18. The molecule has 0 aliphatic carbocycles. The highest BCUT2D eigenvalue weighted by Gasteiger charge is 2.35. The summed E-state index contributed by atoms with van der Waals surface area (Å²) in [6.45, 7) is 4.81. The standard InChI is InChI=1S/C12H17FN2O2S2/c1-12(2)8-15(5-6-18-12)19(16,17)11-7-9(13)3-4-10(11)14/h3-4,7H,5-6,8,14H2,1-2H3. The van der Waals surface area contributed by atoms with Gasteiger partial charge in [0.1, 0.15) is 10.7 Å². The Morgan fingerprint density at radius 2 is 2.11 bits per heavy atom. The van der Waals surface area contributed by atoms with Crippen LogP contribution in [0.3, 0.4) is 0 Å². The molecule has 0 spiro atoms. The number of hydrogen-bond acceptors (Lipinski definition) is 4. The van der Waals surface area contributed by atoms with Gasteiger partial charge in [0.05, 0.1) is 5.69 Å². The van der Waals surface area contributed by atoms with E-state index in [2.05, 4.69) is 0 Å².